The summed E-state index contributed by atoms with van der Waals surface area (Å²) in [6.07, 6.45) is 5.17. The lowest BCUT2D eigenvalue weighted by molar-refractivity contribution is 1.21. The van der Waals surface area contributed by atoms with Crippen molar-refractivity contribution in [3.05, 3.63) is 18.2 Å². The molecule has 88 valence electrons. The van der Waals surface area contributed by atoms with Gasteiger partial charge in [0.15, 0.2) is 5.13 Å². The van der Waals surface area contributed by atoms with E-state index in [1.165, 1.54) is 0 Å². The van der Waals surface area contributed by atoms with Gasteiger partial charge < -0.3 is 11.1 Å². The number of hydrogen-bond donors (Lipinski definition) is 2. The molecule has 3 nitrogen and oxygen atoms in total. The van der Waals surface area contributed by atoms with E-state index in [2.05, 4.69) is 16.2 Å². The summed E-state index contributed by atoms with van der Waals surface area (Å²) >= 11 is 3.36. The van der Waals surface area contributed by atoms with E-state index in [-0.39, 0.29) is 0 Å². The number of nitrogens with two attached hydrogens (primary N) is 1. The first-order valence-corrected chi connectivity index (χ1v) is 7.18. The molecule has 0 aliphatic rings. The highest BCUT2D eigenvalue weighted by Crippen LogP contribution is 2.27. The third-order valence-corrected chi connectivity index (χ3v) is 3.96. The van der Waals surface area contributed by atoms with Crippen LogP contribution in [-0.2, 0) is 0 Å². The van der Waals surface area contributed by atoms with Gasteiger partial charge in [0.1, 0.15) is 0 Å². The standard InChI is InChI=1S/C12H13N3S2/c1-2-6-16-7-5-14-12-15-10-4-3-9(13)8-11(10)17-12/h1,3-4,8H,5-7,13H2,(H,14,15). The number of aromatic nitrogens is 1. The minimum absolute atomic E-state index is 0.762. The zero-order valence-corrected chi connectivity index (χ0v) is 10.9. The lowest BCUT2D eigenvalue weighted by atomic mass is 10.3. The molecule has 0 saturated heterocycles. The van der Waals surface area contributed by atoms with Gasteiger partial charge in [-0.25, -0.2) is 4.98 Å². The number of benzene rings is 1. The molecule has 17 heavy (non-hydrogen) atoms. The minimum Gasteiger partial charge on any atom is -0.399 e. The van der Waals surface area contributed by atoms with E-state index >= 15 is 0 Å². The van der Waals surface area contributed by atoms with Gasteiger partial charge >= 0.3 is 0 Å². The quantitative estimate of drug-likeness (QED) is 0.495. The number of nitrogens with one attached hydrogen (secondary N) is 1. The van der Waals surface area contributed by atoms with Gasteiger partial charge in [0.25, 0.3) is 0 Å². The summed E-state index contributed by atoms with van der Waals surface area (Å²) in [6.45, 7) is 0.877. The molecule has 0 amide bonds. The van der Waals surface area contributed by atoms with Crippen LogP contribution >= 0.6 is 23.1 Å². The number of hydrogen-bond acceptors (Lipinski definition) is 5. The molecular formula is C12H13N3S2. The van der Waals surface area contributed by atoms with Gasteiger partial charge in [-0.15, -0.1) is 18.2 Å². The van der Waals surface area contributed by atoms with Gasteiger partial charge in [0.2, 0.25) is 0 Å². The summed E-state index contributed by atoms with van der Waals surface area (Å²) in [5, 5.41) is 4.23. The maximum Gasteiger partial charge on any atom is 0.183 e. The van der Waals surface area contributed by atoms with Crippen LogP contribution in [0.4, 0.5) is 10.8 Å². The van der Waals surface area contributed by atoms with E-state index in [4.69, 9.17) is 12.2 Å². The van der Waals surface area contributed by atoms with Crippen LogP contribution in [-0.4, -0.2) is 23.0 Å². The first-order chi connectivity index (χ1) is 8.29. The smallest absolute Gasteiger partial charge is 0.183 e. The van der Waals surface area contributed by atoms with Crippen molar-refractivity contribution in [2.75, 3.05) is 29.1 Å². The van der Waals surface area contributed by atoms with Gasteiger partial charge in [-0.3, -0.25) is 0 Å². The topological polar surface area (TPSA) is 50.9 Å². The molecule has 0 spiro atoms. The lowest BCUT2D eigenvalue weighted by Gasteiger charge is -1.99. The van der Waals surface area contributed by atoms with Crippen LogP contribution in [0.3, 0.4) is 0 Å². The second kappa shape index (κ2) is 5.80. The molecule has 3 N–H and O–H groups in total. The molecule has 1 heterocycles. The van der Waals surface area contributed by atoms with Crippen LogP contribution in [0.2, 0.25) is 0 Å². The fourth-order valence-electron chi connectivity index (χ4n) is 1.38. The molecule has 2 aromatic rings. The van der Waals surface area contributed by atoms with E-state index in [1.807, 2.05) is 18.2 Å². The Labute approximate surface area is 109 Å². The van der Waals surface area contributed by atoms with Crippen molar-refractivity contribution in [3.8, 4) is 12.3 Å². The monoisotopic (exact) mass is 263 g/mol. The first kappa shape index (κ1) is 12.1. The summed E-state index contributed by atoms with van der Waals surface area (Å²) in [4.78, 5) is 4.47. The Morgan fingerprint density at radius 2 is 2.41 bits per heavy atom. The van der Waals surface area contributed by atoms with Gasteiger partial charge in [-0.2, -0.15) is 0 Å². The highest BCUT2D eigenvalue weighted by Gasteiger charge is 2.02. The third-order valence-electron chi connectivity index (χ3n) is 2.12. The molecule has 5 heteroatoms. The van der Waals surface area contributed by atoms with Gasteiger partial charge in [0, 0.05) is 18.0 Å². The Bertz CT molecular complexity index is 542. The molecular weight excluding hydrogens is 250 g/mol. The summed E-state index contributed by atoms with van der Waals surface area (Å²) < 4.78 is 1.11. The molecule has 2 rings (SSSR count). The molecule has 0 saturated carbocycles. The Kier molecular flexibility index (Phi) is 4.13. The maximum absolute atomic E-state index is 5.72. The average Bonchev–Trinajstić information content (AvgIpc) is 2.70. The predicted molar refractivity (Wildman–Crippen MR) is 78.7 cm³/mol. The van der Waals surface area contributed by atoms with Crippen molar-refractivity contribution in [1.29, 1.82) is 0 Å². The molecule has 0 fully saturated rings. The zero-order chi connectivity index (χ0) is 12.1. The number of rotatable bonds is 5. The van der Waals surface area contributed by atoms with Crippen molar-refractivity contribution in [2.24, 2.45) is 0 Å². The van der Waals surface area contributed by atoms with Crippen molar-refractivity contribution >= 4 is 44.1 Å². The van der Waals surface area contributed by atoms with Crippen LogP contribution in [0.15, 0.2) is 18.2 Å². The van der Waals surface area contributed by atoms with Crippen LogP contribution in [0.5, 0.6) is 0 Å². The van der Waals surface area contributed by atoms with Crippen molar-refractivity contribution in [1.82, 2.24) is 4.98 Å². The lowest BCUT2D eigenvalue weighted by Crippen LogP contribution is -2.03. The number of nitrogen functional groups attached to an aromatic ring is 1. The Morgan fingerprint density at radius 3 is 3.24 bits per heavy atom. The zero-order valence-electron chi connectivity index (χ0n) is 9.27. The van der Waals surface area contributed by atoms with E-state index in [9.17, 15) is 0 Å². The van der Waals surface area contributed by atoms with Crippen molar-refractivity contribution in [3.63, 3.8) is 0 Å². The SMILES string of the molecule is C#CCSCCNc1nc2ccc(N)cc2s1. The minimum atomic E-state index is 0.762. The van der Waals surface area contributed by atoms with Crippen LogP contribution in [0.1, 0.15) is 0 Å². The second-order valence-electron chi connectivity index (χ2n) is 3.43. The fourth-order valence-corrected chi connectivity index (χ4v) is 2.83. The van der Waals surface area contributed by atoms with Crippen LogP contribution in [0.25, 0.3) is 10.2 Å². The van der Waals surface area contributed by atoms with Crippen molar-refractivity contribution in [2.45, 2.75) is 0 Å². The van der Waals surface area contributed by atoms with Crippen LogP contribution in [0, 0.1) is 12.3 Å². The average molecular weight is 263 g/mol. The maximum atomic E-state index is 5.72. The second-order valence-corrected chi connectivity index (χ2v) is 5.57. The fraction of sp³-hybridized carbons (Fsp3) is 0.250. The predicted octanol–water partition coefficient (Wildman–Crippen LogP) is 2.66. The normalized spacial score (nSPS) is 10.3. The number of terminal acetylenes is 1. The van der Waals surface area contributed by atoms with Crippen molar-refractivity contribution < 1.29 is 0 Å². The summed E-state index contributed by atoms with van der Waals surface area (Å²) in [6, 6.07) is 5.76. The summed E-state index contributed by atoms with van der Waals surface area (Å²) in [7, 11) is 0. The highest BCUT2D eigenvalue weighted by atomic mass is 32.2. The van der Waals surface area contributed by atoms with Crippen LogP contribution < -0.4 is 11.1 Å². The third kappa shape index (κ3) is 3.29. The number of nitrogens with zero attached hydrogens (tertiary/aromatic N) is 1. The van der Waals surface area contributed by atoms with E-state index in [0.717, 1.165) is 39.1 Å². The molecule has 1 aromatic carbocycles. The number of thioether (sulfide) groups is 1. The van der Waals surface area contributed by atoms with E-state index in [1.54, 1.807) is 23.1 Å². The Hall–Kier alpha value is -1.38. The van der Waals surface area contributed by atoms with Gasteiger partial charge in [-0.05, 0) is 18.2 Å². The molecule has 0 aliphatic carbocycles. The molecule has 0 atom stereocenters. The molecule has 0 unspecified atom stereocenters. The van der Waals surface area contributed by atoms with Gasteiger partial charge in [-0.1, -0.05) is 17.3 Å². The Morgan fingerprint density at radius 1 is 1.53 bits per heavy atom. The summed E-state index contributed by atoms with van der Waals surface area (Å²) in [5.41, 5.74) is 7.49. The first-order valence-electron chi connectivity index (χ1n) is 5.21. The van der Waals surface area contributed by atoms with E-state index < -0.39 is 0 Å². The number of fused-ring (bicyclic) bond motifs is 1. The molecule has 0 aliphatic heterocycles. The molecule has 0 radical (unpaired) electrons. The highest BCUT2D eigenvalue weighted by molar-refractivity contribution is 7.99. The number of thiazole rings is 1. The van der Waals surface area contributed by atoms with E-state index in [0.29, 0.717) is 0 Å². The molecule has 0 bridgehead atoms. The number of anilines is 2. The largest absolute Gasteiger partial charge is 0.399 e. The van der Waals surface area contributed by atoms with Gasteiger partial charge in [0.05, 0.1) is 16.0 Å². The summed E-state index contributed by atoms with van der Waals surface area (Å²) in [5.74, 6) is 4.35. The Balaban J connectivity index is 1.93. The molecule has 1 aromatic heterocycles.